The molecule has 3 aliphatic rings. The molecular formula is C31H41ClN6O2. The number of halogens is 1. The number of amides is 2. The van der Waals surface area contributed by atoms with Gasteiger partial charge in [-0.25, -0.2) is 4.98 Å². The largest absolute Gasteiger partial charge is 0.353 e. The summed E-state index contributed by atoms with van der Waals surface area (Å²) in [6, 6.07) is 11.5. The Bertz CT molecular complexity index is 1240. The second-order valence-electron chi connectivity index (χ2n) is 11.5. The standard InChI is InChI=1S/C31H39ClN6O2.H2/c1-22-21-37(29-28(32)17-26(20-34-29)30(39)35-19-24-5-3-2-4-6-24)15-16-38(22)27-11-13-36(14-12-27)31(40)25-9-7-23(18-33)8-10-25;/h7-10,17,20,22,24,27H,2-6,11-16,19,21H2,1H3,(H,35,39);1H/t22-;/m0./s1. The van der Waals surface area contributed by atoms with Crippen molar-refractivity contribution in [3.8, 4) is 6.07 Å². The molecule has 3 heterocycles. The summed E-state index contributed by atoms with van der Waals surface area (Å²) in [5, 5.41) is 12.6. The van der Waals surface area contributed by atoms with Crippen molar-refractivity contribution in [2.24, 2.45) is 5.92 Å². The Labute approximate surface area is 243 Å². The topological polar surface area (TPSA) is 92.6 Å². The van der Waals surface area contributed by atoms with E-state index in [1.807, 2.05) is 4.90 Å². The Morgan fingerprint density at radius 1 is 1.05 bits per heavy atom. The summed E-state index contributed by atoms with van der Waals surface area (Å²) in [7, 11) is 0. The molecule has 1 aromatic carbocycles. The first-order chi connectivity index (χ1) is 19.4. The Balaban J connectivity index is 0.00000387. The third-order valence-corrected chi connectivity index (χ3v) is 9.10. The number of nitriles is 1. The Kier molecular flexibility index (Phi) is 9.23. The van der Waals surface area contributed by atoms with Gasteiger partial charge in [0.25, 0.3) is 11.8 Å². The zero-order chi connectivity index (χ0) is 28.1. The third kappa shape index (κ3) is 6.59. The number of likely N-dealkylation sites (tertiary alicyclic amines) is 1. The highest BCUT2D eigenvalue weighted by atomic mass is 35.5. The molecule has 5 rings (SSSR count). The van der Waals surface area contributed by atoms with E-state index < -0.39 is 0 Å². The van der Waals surface area contributed by atoms with Crippen molar-refractivity contribution in [2.45, 2.75) is 64.0 Å². The van der Waals surface area contributed by atoms with E-state index in [1.54, 1.807) is 36.5 Å². The van der Waals surface area contributed by atoms with E-state index in [4.69, 9.17) is 16.9 Å². The van der Waals surface area contributed by atoms with Crippen LogP contribution < -0.4 is 10.2 Å². The first-order valence-electron chi connectivity index (χ1n) is 14.7. The first-order valence-corrected chi connectivity index (χ1v) is 15.0. The fourth-order valence-corrected chi connectivity index (χ4v) is 6.78. The van der Waals surface area contributed by atoms with Gasteiger partial charge < -0.3 is 15.1 Å². The number of aromatic nitrogens is 1. The second kappa shape index (κ2) is 13.0. The van der Waals surface area contributed by atoms with Crippen LogP contribution in [0.4, 0.5) is 5.82 Å². The van der Waals surface area contributed by atoms with Crippen LogP contribution in [0.1, 0.15) is 79.6 Å². The number of carbonyl (C=O) groups is 2. The van der Waals surface area contributed by atoms with Crippen LogP contribution in [-0.4, -0.2) is 78.0 Å². The van der Waals surface area contributed by atoms with Gasteiger partial charge >= 0.3 is 0 Å². The van der Waals surface area contributed by atoms with Crippen molar-refractivity contribution < 1.29 is 11.0 Å². The van der Waals surface area contributed by atoms with Crippen LogP contribution in [0.2, 0.25) is 5.02 Å². The van der Waals surface area contributed by atoms with E-state index in [-0.39, 0.29) is 13.2 Å². The summed E-state index contributed by atoms with van der Waals surface area (Å²) >= 11 is 6.65. The lowest BCUT2D eigenvalue weighted by atomic mass is 9.89. The van der Waals surface area contributed by atoms with E-state index in [1.165, 1.54) is 32.1 Å². The molecule has 1 saturated carbocycles. The smallest absolute Gasteiger partial charge is 0.253 e. The molecule has 9 heteroatoms. The zero-order valence-corrected chi connectivity index (χ0v) is 24.1. The fourth-order valence-electron chi connectivity index (χ4n) is 6.49. The molecule has 1 N–H and O–H groups in total. The molecule has 0 radical (unpaired) electrons. The molecule has 2 aromatic rings. The van der Waals surface area contributed by atoms with Crippen molar-refractivity contribution in [2.75, 3.05) is 44.2 Å². The predicted octanol–water partition coefficient (Wildman–Crippen LogP) is 4.98. The molecule has 0 unspecified atom stereocenters. The van der Waals surface area contributed by atoms with Gasteiger partial charge in [-0.2, -0.15) is 5.26 Å². The lowest BCUT2D eigenvalue weighted by Crippen LogP contribution is -2.58. The van der Waals surface area contributed by atoms with Gasteiger partial charge in [-0.3, -0.25) is 14.5 Å². The minimum Gasteiger partial charge on any atom is -0.353 e. The number of carbonyl (C=O) groups excluding carboxylic acids is 2. The molecule has 40 heavy (non-hydrogen) atoms. The van der Waals surface area contributed by atoms with Crippen LogP contribution in [0.25, 0.3) is 0 Å². The fraction of sp³-hybridized carbons (Fsp3) is 0.548. The number of anilines is 1. The number of rotatable bonds is 6. The molecule has 2 amide bonds. The average molecular weight is 565 g/mol. The van der Waals surface area contributed by atoms with Crippen molar-refractivity contribution >= 4 is 29.2 Å². The van der Waals surface area contributed by atoms with Crippen molar-refractivity contribution in [3.05, 3.63) is 58.2 Å². The van der Waals surface area contributed by atoms with Crippen LogP contribution in [0.3, 0.4) is 0 Å². The molecule has 8 nitrogen and oxygen atoms in total. The summed E-state index contributed by atoms with van der Waals surface area (Å²) in [4.78, 5) is 36.9. The number of pyridine rings is 1. The number of hydrogen-bond donors (Lipinski definition) is 1. The summed E-state index contributed by atoms with van der Waals surface area (Å²) in [6.45, 7) is 6.94. The van der Waals surface area contributed by atoms with Gasteiger partial charge in [-0.1, -0.05) is 30.9 Å². The Morgan fingerprint density at radius 2 is 1.77 bits per heavy atom. The maximum atomic E-state index is 12.9. The van der Waals surface area contributed by atoms with Crippen LogP contribution in [0.5, 0.6) is 0 Å². The van der Waals surface area contributed by atoms with Gasteiger partial charge in [0, 0.05) is 64.5 Å². The summed E-state index contributed by atoms with van der Waals surface area (Å²) in [5.74, 6) is 1.25. The number of piperazine rings is 1. The van der Waals surface area contributed by atoms with E-state index in [0.717, 1.165) is 57.9 Å². The normalized spacial score (nSPS) is 21.2. The number of nitrogens with one attached hydrogen (secondary N) is 1. The van der Waals surface area contributed by atoms with Crippen molar-refractivity contribution in [3.63, 3.8) is 0 Å². The van der Waals surface area contributed by atoms with Gasteiger partial charge in [0.1, 0.15) is 5.82 Å². The maximum absolute atomic E-state index is 12.9. The lowest BCUT2D eigenvalue weighted by molar-refractivity contribution is 0.0525. The molecule has 1 atom stereocenters. The summed E-state index contributed by atoms with van der Waals surface area (Å²) in [5.41, 5.74) is 1.71. The minimum atomic E-state index is -0.103. The quantitative estimate of drug-likeness (QED) is 0.532. The highest BCUT2D eigenvalue weighted by molar-refractivity contribution is 6.33. The van der Waals surface area contributed by atoms with Crippen LogP contribution in [-0.2, 0) is 0 Å². The summed E-state index contributed by atoms with van der Waals surface area (Å²) in [6.07, 6.45) is 9.73. The van der Waals surface area contributed by atoms with Gasteiger partial charge in [0.2, 0.25) is 0 Å². The Hall–Kier alpha value is -3.15. The van der Waals surface area contributed by atoms with Crippen LogP contribution in [0.15, 0.2) is 36.5 Å². The van der Waals surface area contributed by atoms with Crippen molar-refractivity contribution in [1.29, 1.82) is 5.26 Å². The molecule has 0 spiro atoms. The Morgan fingerprint density at radius 3 is 2.42 bits per heavy atom. The first kappa shape index (κ1) is 28.4. The van der Waals surface area contributed by atoms with E-state index in [2.05, 4.69) is 33.1 Å². The minimum absolute atomic E-state index is 0. The van der Waals surface area contributed by atoms with Crippen molar-refractivity contribution in [1.82, 2.24) is 20.1 Å². The van der Waals surface area contributed by atoms with E-state index in [0.29, 0.717) is 39.7 Å². The van der Waals surface area contributed by atoms with Gasteiger partial charge in [-0.15, -0.1) is 0 Å². The zero-order valence-electron chi connectivity index (χ0n) is 23.3. The maximum Gasteiger partial charge on any atom is 0.253 e. The monoisotopic (exact) mass is 564 g/mol. The molecule has 2 aliphatic heterocycles. The summed E-state index contributed by atoms with van der Waals surface area (Å²) < 4.78 is 0. The molecule has 2 saturated heterocycles. The highest BCUT2D eigenvalue weighted by Crippen LogP contribution is 2.29. The molecule has 0 bridgehead atoms. The molecular weight excluding hydrogens is 524 g/mol. The molecule has 1 aromatic heterocycles. The second-order valence-corrected chi connectivity index (χ2v) is 11.9. The average Bonchev–Trinajstić information content (AvgIpc) is 3.00. The molecule has 1 aliphatic carbocycles. The van der Waals surface area contributed by atoms with Gasteiger partial charge in [0.05, 0.1) is 22.2 Å². The molecule has 214 valence electrons. The molecule has 3 fully saturated rings. The number of nitrogens with zero attached hydrogens (tertiary/aromatic N) is 5. The van der Waals surface area contributed by atoms with Crippen LogP contribution in [0, 0.1) is 17.2 Å². The predicted molar refractivity (Wildman–Crippen MR) is 159 cm³/mol. The highest BCUT2D eigenvalue weighted by Gasteiger charge is 2.33. The van der Waals surface area contributed by atoms with Crippen LogP contribution >= 0.6 is 11.6 Å². The van der Waals surface area contributed by atoms with E-state index >= 15 is 0 Å². The van der Waals surface area contributed by atoms with Gasteiger partial charge in [-0.05, 0) is 68.9 Å². The number of piperidine rings is 1. The van der Waals surface area contributed by atoms with E-state index in [9.17, 15) is 9.59 Å². The van der Waals surface area contributed by atoms with Gasteiger partial charge in [0.15, 0.2) is 0 Å². The number of benzene rings is 1. The number of hydrogen-bond acceptors (Lipinski definition) is 6. The lowest BCUT2D eigenvalue weighted by Gasteiger charge is -2.46. The SMILES string of the molecule is C[C@H]1CN(c2ncc(C(=O)NCC3CCCCC3)cc2Cl)CCN1C1CCN(C(=O)c2ccc(C#N)cc2)CC1.[HH]. The third-order valence-electron chi connectivity index (χ3n) is 8.82.